The van der Waals surface area contributed by atoms with Gasteiger partial charge >= 0.3 is 0 Å². The van der Waals surface area contributed by atoms with Gasteiger partial charge in [-0.05, 0) is 43.7 Å². The summed E-state index contributed by atoms with van der Waals surface area (Å²) in [6, 6.07) is 9.36. The van der Waals surface area contributed by atoms with Crippen molar-refractivity contribution in [2.75, 3.05) is 14.1 Å². The van der Waals surface area contributed by atoms with Gasteiger partial charge in [0.2, 0.25) is 5.17 Å². The maximum atomic E-state index is 6.24. The normalized spacial score (nSPS) is 12.7. The number of thioether (sulfide) groups is 1. The van der Waals surface area contributed by atoms with E-state index in [1.807, 2.05) is 57.1 Å². The highest BCUT2D eigenvalue weighted by Crippen LogP contribution is 2.25. The van der Waals surface area contributed by atoms with Crippen molar-refractivity contribution in [1.29, 1.82) is 0 Å². The van der Waals surface area contributed by atoms with Gasteiger partial charge in [-0.2, -0.15) is 5.10 Å². The molecule has 2 rings (SSSR count). The standard InChI is InChI=1S/C19H21Cl2N5S/c1-13-5-6-15(10-22-13)14(2)24-25-19(23-12-26(3)4)27-11-16-7-8-17(20)9-18(16)21/h5-10,12H,11H2,1-4H3/b23-12+,24-14+,25-19+. The van der Waals surface area contributed by atoms with Crippen molar-refractivity contribution in [3.63, 3.8) is 0 Å². The first-order valence-corrected chi connectivity index (χ1v) is 9.92. The molecule has 0 bridgehead atoms. The van der Waals surface area contributed by atoms with E-state index in [1.165, 1.54) is 11.8 Å². The van der Waals surface area contributed by atoms with Gasteiger partial charge in [-0.3, -0.25) is 4.98 Å². The van der Waals surface area contributed by atoms with Crippen LogP contribution in [0.4, 0.5) is 0 Å². The summed E-state index contributed by atoms with van der Waals surface area (Å²) in [5, 5.41) is 10.4. The van der Waals surface area contributed by atoms with E-state index in [9.17, 15) is 0 Å². The molecule has 0 radical (unpaired) electrons. The third-order valence-corrected chi connectivity index (χ3v) is 4.87. The second kappa shape index (κ2) is 10.4. The Kier molecular flexibility index (Phi) is 8.28. The van der Waals surface area contributed by atoms with Crippen LogP contribution in [0.5, 0.6) is 0 Å². The number of aliphatic imine (C=N–C) groups is 1. The minimum atomic E-state index is 0.536. The van der Waals surface area contributed by atoms with E-state index in [0.717, 1.165) is 22.5 Å². The summed E-state index contributed by atoms with van der Waals surface area (Å²) < 4.78 is 0. The largest absolute Gasteiger partial charge is 0.369 e. The number of halogens is 2. The van der Waals surface area contributed by atoms with Gasteiger partial charge in [0.05, 0.1) is 12.1 Å². The maximum Gasteiger partial charge on any atom is 0.210 e. The van der Waals surface area contributed by atoms with E-state index < -0.39 is 0 Å². The summed E-state index contributed by atoms with van der Waals surface area (Å²) >= 11 is 13.6. The number of pyridine rings is 1. The van der Waals surface area contributed by atoms with Crippen LogP contribution < -0.4 is 0 Å². The third kappa shape index (κ3) is 7.33. The number of aromatic nitrogens is 1. The van der Waals surface area contributed by atoms with Gasteiger partial charge in [0.15, 0.2) is 0 Å². The molecule has 0 aliphatic rings. The number of rotatable bonds is 5. The van der Waals surface area contributed by atoms with Crippen LogP contribution in [-0.4, -0.2) is 41.2 Å². The molecule has 0 spiro atoms. The molecule has 0 fully saturated rings. The Labute approximate surface area is 174 Å². The second-order valence-electron chi connectivity index (χ2n) is 5.99. The van der Waals surface area contributed by atoms with Crippen LogP contribution in [0.15, 0.2) is 51.7 Å². The number of hydrogen-bond acceptors (Lipinski definition) is 4. The van der Waals surface area contributed by atoms with E-state index in [1.54, 1.807) is 18.6 Å². The van der Waals surface area contributed by atoms with E-state index in [0.29, 0.717) is 21.0 Å². The highest BCUT2D eigenvalue weighted by atomic mass is 35.5. The summed E-state index contributed by atoms with van der Waals surface area (Å²) in [6.45, 7) is 3.84. The fourth-order valence-electron chi connectivity index (χ4n) is 1.90. The fourth-order valence-corrected chi connectivity index (χ4v) is 3.21. The van der Waals surface area contributed by atoms with Crippen molar-refractivity contribution in [1.82, 2.24) is 9.88 Å². The minimum Gasteiger partial charge on any atom is -0.369 e. The van der Waals surface area contributed by atoms with Crippen LogP contribution in [0.1, 0.15) is 23.7 Å². The van der Waals surface area contributed by atoms with Crippen LogP contribution in [0.25, 0.3) is 0 Å². The maximum absolute atomic E-state index is 6.24. The van der Waals surface area contributed by atoms with Crippen molar-refractivity contribution in [3.8, 4) is 0 Å². The average Bonchev–Trinajstić information content (AvgIpc) is 2.62. The number of amidine groups is 1. The summed E-state index contributed by atoms with van der Waals surface area (Å²) in [4.78, 5) is 10.5. The van der Waals surface area contributed by atoms with E-state index in [-0.39, 0.29) is 0 Å². The van der Waals surface area contributed by atoms with Crippen LogP contribution in [0.3, 0.4) is 0 Å². The van der Waals surface area contributed by atoms with E-state index >= 15 is 0 Å². The summed E-state index contributed by atoms with van der Waals surface area (Å²) in [5.74, 6) is 0.611. The van der Waals surface area contributed by atoms with Gasteiger partial charge in [0.1, 0.15) is 0 Å². The predicted molar refractivity (Wildman–Crippen MR) is 119 cm³/mol. The lowest BCUT2D eigenvalue weighted by Crippen LogP contribution is -2.09. The quantitative estimate of drug-likeness (QED) is 0.373. The number of aryl methyl sites for hydroxylation is 1. The van der Waals surface area contributed by atoms with Crippen LogP contribution in [0.2, 0.25) is 10.0 Å². The van der Waals surface area contributed by atoms with Crippen molar-refractivity contribution in [3.05, 3.63) is 63.4 Å². The van der Waals surface area contributed by atoms with Crippen molar-refractivity contribution in [2.45, 2.75) is 19.6 Å². The van der Waals surface area contributed by atoms with Crippen LogP contribution in [-0.2, 0) is 5.75 Å². The Morgan fingerprint density at radius 3 is 2.59 bits per heavy atom. The van der Waals surface area contributed by atoms with Crippen LogP contribution >= 0.6 is 35.0 Å². The number of benzene rings is 1. The van der Waals surface area contributed by atoms with Crippen LogP contribution in [0, 0.1) is 6.92 Å². The molecule has 0 atom stereocenters. The Bertz CT molecular complexity index is 861. The zero-order valence-corrected chi connectivity index (χ0v) is 18.0. The fraction of sp³-hybridized carbons (Fsp3) is 0.263. The third-order valence-electron chi connectivity index (χ3n) is 3.39. The van der Waals surface area contributed by atoms with E-state index in [2.05, 4.69) is 20.2 Å². The number of nitrogens with zero attached hydrogens (tertiary/aromatic N) is 5. The molecule has 0 N–H and O–H groups in total. The summed E-state index contributed by atoms with van der Waals surface area (Å²) in [7, 11) is 3.79. The van der Waals surface area contributed by atoms with Crippen molar-refractivity contribution >= 4 is 52.2 Å². The van der Waals surface area contributed by atoms with Gasteiger partial charge in [-0.1, -0.05) is 41.0 Å². The topological polar surface area (TPSA) is 53.2 Å². The lowest BCUT2D eigenvalue weighted by Gasteiger charge is -2.06. The molecule has 0 aliphatic heterocycles. The molecule has 1 heterocycles. The molecule has 0 saturated carbocycles. The molecule has 8 heteroatoms. The Morgan fingerprint density at radius 1 is 1.19 bits per heavy atom. The Balaban J connectivity index is 2.18. The SMILES string of the molecule is C\C(=N/N=C(\N=C\N(C)C)SCc1ccc(Cl)cc1Cl)c1ccc(C)nc1. The highest BCUT2D eigenvalue weighted by molar-refractivity contribution is 8.13. The minimum absolute atomic E-state index is 0.536. The molecule has 27 heavy (non-hydrogen) atoms. The van der Waals surface area contributed by atoms with Crippen molar-refractivity contribution in [2.24, 2.45) is 15.2 Å². The molecule has 0 aliphatic carbocycles. The molecule has 1 aromatic heterocycles. The first-order chi connectivity index (χ1) is 12.8. The lowest BCUT2D eigenvalue weighted by atomic mass is 10.2. The zero-order valence-electron chi connectivity index (χ0n) is 15.6. The van der Waals surface area contributed by atoms with Gasteiger partial charge in [0.25, 0.3) is 0 Å². The second-order valence-corrected chi connectivity index (χ2v) is 7.77. The monoisotopic (exact) mass is 421 g/mol. The average molecular weight is 422 g/mol. The van der Waals surface area contributed by atoms with Gasteiger partial charge in [-0.15, -0.1) is 5.10 Å². The molecule has 2 aromatic rings. The molecule has 1 aromatic carbocycles. The molecule has 5 nitrogen and oxygen atoms in total. The lowest BCUT2D eigenvalue weighted by molar-refractivity contribution is 0.644. The van der Waals surface area contributed by atoms with Gasteiger partial charge in [-0.25, -0.2) is 4.99 Å². The first kappa shape index (κ1) is 21.4. The highest BCUT2D eigenvalue weighted by Gasteiger charge is 2.05. The smallest absolute Gasteiger partial charge is 0.210 e. The number of hydrogen-bond donors (Lipinski definition) is 0. The first-order valence-electron chi connectivity index (χ1n) is 8.18. The molecular weight excluding hydrogens is 401 g/mol. The molecule has 0 amide bonds. The van der Waals surface area contributed by atoms with E-state index in [4.69, 9.17) is 23.2 Å². The molecule has 142 valence electrons. The predicted octanol–water partition coefficient (Wildman–Crippen LogP) is 5.30. The Morgan fingerprint density at radius 2 is 1.96 bits per heavy atom. The zero-order chi connectivity index (χ0) is 19.8. The summed E-state index contributed by atoms with van der Waals surface area (Å²) in [5.41, 5.74) is 3.61. The Hall–Kier alpha value is -1.89. The van der Waals surface area contributed by atoms with Crippen molar-refractivity contribution < 1.29 is 0 Å². The molecule has 0 saturated heterocycles. The molecule has 0 unspecified atom stereocenters. The van der Waals surface area contributed by atoms with Gasteiger partial charge in [0, 0.05) is 47.3 Å². The molecular formula is C19H21Cl2N5S. The summed E-state index contributed by atoms with van der Waals surface area (Å²) in [6.07, 6.45) is 3.47. The van der Waals surface area contributed by atoms with Gasteiger partial charge < -0.3 is 4.90 Å².